The Morgan fingerprint density at radius 2 is 2.29 bits per heavy atom. The molecule has 0 aliphatic carbocycles. The SMILES string of the molecule is Cc1cc(-c2nnc(C=O)o2)nn1C. The van der Waals surface area contributed by atoms with E-state index < -0.39 is 0 Å². The first kappa shape index (κ1) is 8.61. The lowest BCUT2D eigenvalue weighted by Gasteiger charge is -1.88. The molecule has 0 amide bonds. The van der Waals surface area contributed by atoms with Crippen LogP contribution in [0.5, 0.6) is 0 Å². The number of hydrogen-bond acceptors (Lipinski definition) is 5. The molecular weight excluding hydrogens is 184 g/mol. The lowest BCUT2D eigenvalue weighted by atomic mass is 10.4. The molecule has 0 radical (unpaired) electrons. The Morgan fingerprint density at radius 1 is 1.50 bits per heavy atom. The van der Waals surface area contributed by atoms with Gasteiger partial charge in [-0.15, -0.1) is 10.2 Å². The van der Waals surface area contributed by atoms with Crippen LogP contribution in [0, 0.1) is 6.92 Å². The van der Waals surface area contributed by atoms with Crippen molar-refractivity contribution in [2.24, 2.45) is 7.05 Å². The molecule has 0 saturated carbocycles. The minimum Gasteiger partial charge on any atom is -0.412 e. The van der Waals surface area contributed by atoms with E-state index in [2.05, 4.69) is 15.3 Å². The number of aryl methyl sites for hydroxylation is 2. The zero-order valence-corrected chi connectivity index (χ0v) is 7.76. The van der Waals surface area contributed by atoms with Gasteiger partial charge in [-0.3, -0.25) is 9.48 Å². The average Bonchev–Trinajstić information content (AvgIpc) is 2.74. The molecule has 6 nitrogen and oxygen atoms in total. The second-order valence-electron chi connectivity index (χ2n) is 2.86. The maximum Gasteiger partial charge on any atom is 0.281 e. The van der Waals surface area contributed by atoms with Gasteiger partial charge in [-0.05, 0) is 13.0 Å². The van der Waals surface area contributed by atoms with Crippen LogP contribution in [0.1, 0.15) is 16.4 Å². The van der Waals surface area contributed by atoms with Gasteiger partial charge in [-0.2, -0.15) is 5.10 Å². The Bertz CT molecular complexity index is 452. The van der Waals surface area contributed by atoms with Gasteiger partial charge in [0.2, 0.25) is 6.29 Å². The Balaban J connectivity index is 2.43. The van der Waals surface area contributed by atoms with Crippen molar-refractivity contribution < 1.29 is 9.21 Å². The topological polar surface area (TPSA) is 73.8 Å². The summed E-state index contributed by atoms with van der Waals surface area (Å²) in [4.78, 5) is 10.3. The van der Waals surface area contributed by atoms with E-state index in [1.54, 1.807) is 4.68 Å². The van der Waals surface area contributed by atoms with E-state index in [-0.39, 0.29) is 11.8 Å². The lowest BCUT2D eigenvalue weighted by molar-refractivity contribution is 0.109. The number of rotatable bonds is 2. The number of carbonyl (C=O) groups is 1. The van der Waals surface area contributed by atoms with Crippen LogP contribution < -0.4 is 0 Å². The molecule has 0 fully saturated rings. The van der Waals surface area contributed by atoms with E-state index in [0.717, 1.165) is 5.69 Å². The molecule has 2 rings (SSSR count). The Labute approximate surface area is 79.6 Å². The van der Waals surface area contributed by atoms with Gasteiger partial charge in [0.1, 0.15) is 5.69 Å². The largest absolute Gasteiger partial charge is 0.412 e. The summed E-state index contributed by atoms with van der Waals surface area (Å²) in [5.74, 6) is 0.221. The van der Waals surface area contributed by atoms with Gasteiger partial charge >= 0.3 is 0 Å². The highest BCUT2D eigenvalue weighted by molar-refractivity contribution is 5.67. The quantitative estimate of drug-likeness (QED) is 0.651. The normalized spacial score (nSPS) is 10.4. The van der Waals surface area contributed by atoms with Gasteiger partial charge in [0.15, 0.2) is 0 Å². The van der Waals surface area contributed by atoms with E-state index in [1.165, 1.54) is 0 Å². The summed E-state index contributed by atoms with van der Waals surface area (Å²) in [6.07, 6.45) is 0.506. The van der Waals surface area contributed by atoms with Gasteiger partial charge in [-0.1, -0.05) is 0 Å². The van der Waals surface area contributed by atoms with Crippen molar-refractivity contribution >= 4 is 6.29 Å². The molecule has 6 heteroatoms. The predicted molar refractivity (Wildman–Crippen MR) is 46.6 cm³/mol. The fraction of sp³-hybridized carbons (Fsp3) is 0.250. The van der Waals surface area contributed by atoms with Crippen LogP contribution in [0.15, 0.2) is 10.5 Å². The molecule has 2 aromatic rings. The first-order chi connectivity index (χ1) is 6.70. The predicted octanol–water partition coefficient (Wildman–Crippen LogP) is 0.591. The lowest BCUT2D eigenvalue weighted by Crippen LogP contribution is -1.92. The van der Waals surface area contributed by atoms with Crippen LogP contribution in [0.2, 0.25) is 0 Å². The van der Waals surface area contributed by atoms with Gasteiger partial charge in [-0.25, -0.2) is 0 Å². The van der Waals surface area contributed by atoms with Crippen LogP contribution in [0.25, 0.3) is 11.6 Å². The van der Waals surface area contributed by atoms with Gasteiger partial charge in [0, 0.05) is 12.7 Å². The smallest absolute Gasteiger partial charge is 0.281 e. The summed E-state index contributed by atoms with van der Waals surface area (Å²) in [5.41, 5.74) is 1.55. The third kappa shape index (κ3) is 1.30. The van der Waals surface area contributed by atoms with E-state index in [9.17, 15) is 4.79 Å². The summed E-state index contributed by atoms with van der Waals surface area (Å²) >= 11 is 0. The molecule has 0 bridgehead atoms. The second kappa shape index (κ2) is 3.06. The highest BCUT2D eigenvalue weighted by Gasteiger charge is 2.11. The van der Waals surface area contributed by atoms with E-state index in [1.807, 2.05) is 20.0 Å². The second-order valence-corrected chi connectivity index (χ2v) is 2.86. The van der Waals surface area contributed by atoms with Crippen LogP contribution in [-0.2, 0) is 7.05 Å². The van der Waals surface area contributed by atoms with Crippen molar-refractivity contribution in [1.82, 2.24) is 20.0 Å². The third-order valence-corrected chi connectivity index (χ3v) is 1.87. The Kier molecular flexibility index (Phi) is 1.88. The van der Waals surface area contributed by atoms with Gasteiger partial charge in [0.25, 0.3) is 11.8 Å². The number of hydrogen-bond donors (Lipinski definition) is 0. The van der Waals surface area contributed by atoms with Crippen molar-refractivity contribution in [3.05, 3.63) is 17.7 Å². The first-order valence-electron chi connectivity index (χ1n) is 4.00. The summed E-state index contributed by atoms with van der Waals surface area (Å²) in [6.45, 7) is 1.91. The van der Waals surface area contributed by atoms with Crippen LogP contribution in [0.4, 0.5) is 0 Å². The zero-order valence-electron chi connectivity index (χ0n) is 7.76. The molecule has 0 aliphatic heterocycles. The minimum atomic E-state index is -0.0386. The van der Waals surface area contributed by atoms with Crippen molar-refractivity contribution in [2.45, 2.75) is 6.92 Å². The Morgan fingerprint density at radius 3 is 2.79 bits per heavy atom. The molecule has 0 aromatic carbocycles. The molecule has 0 atom stereocenters. The summed E-state index contributed by atoms with van der Waals surface area (Å²) in [5, 5.41) is 11.3. The fourth-order valence-corrected chi connectivity index (χ4v) is 1.05. The zero-order chi connectivity index (χ0) is 10.1. The number of aromatic nitrogens is 4. The summed E-state index contributed by atoms with van der Waals surface area (Å²) in [7, 11) is 1.82. The first-order valence-corrected chi connectivity index (χ1v) is 4.00. The minimum absolute atomic E-state index is 0.0386. The van der Waals surface area contributed by atoms with Crippen LogP contribution in [-0.4, -0.2) is 26.3 Å². The molecular formula is C8H8N4O2. The molecule has 72 valence electrons. The number of nitrogens with zero attached hydrogens (tertiary/aromatic N) is 4. The molecule has 2 heterocycles. The highest BCUT2D eigenvalue weighted by Crippen LogP contribution is 2.15. The molecule has 0 saturated heterocycles. The molecule has 0 N–H and O–H groups in total. The van der Waals surface area contributed by atoms with E-state index in [4.69, 9.17) is 4.42 Å². The molecule has 0 aliphatic rings. The maximum atomic E-state index is 10.3. The van der Waals surface area contributed by atoms with Crippen molar-refractivity contribution in [2.75, 3.05) is 0 Å². The Hall–Kier alpha value is -1.98. The fourth-order valence-electron chi connectivity index (χ4n) is 1.05. The van der Waals surface area contributed by atoms with Crippen LogP contribution in [0.3, 0.4) is 0 Å². The molecule has 0 spiro atoms. The van der Waals surface area contributed by atoms with Crippen molar-refractivity contribution in [1.29, 1.82) is 0 Å². The van der Waals surface area contributed by atoms with Gasteiger partial charge < -0.3 is 4.42 Å². The van der Waals surface area contributed by atoms with Gasteiger partial charge in [0.05, 0.1) is 0 Å². The van der Waals surface area contributed by atoms with Crippen molar-refractivity contribution in [3.63, 3.8) is 0 Å². The summed E-state index contributed by atoms with van der Waals surface area (Å²) < 4.78 is 6.72. The van der Waals surface area contributed by atoms with Crippen LogP contribution >= 0.6 is 0 Å². The molecule has 2 aromatic heterocycles. The van der Waals surface area contributed by atoms with E-state index >= 15 is 0 Å². The monoisotopic (exact) mass is 192 g/mol. The average molecular weight is 192 g/mol. The van der Waals surface area contributed by atoms with E-state index in [0.29, 0.717) is 12.0 Å². The van der Waals surface area contributed by atoms with Crippen molar-refractivity contribution in [3.8, 4) is 11.6 Å². The molecule has 14 heavy (non-hydrogen) atoms. The number of carbonyl (C=O) groups excluding carboxylic acids is 1. The maximum absolute atomic E-state index is 10.3. The standard InChI is InChI=1S/C8H8N4O2/c1-5-3-6(11-12(5)2)8-10-9-7(4-13)14-8/h3-4H,1-2H3. The molecule has 0 unspecified atom stereocenters. The third-order valence-electron chi connectivity index (χ3n) is 1.87. The highest BCUT2D eigenvalue weighted by atomic mass is 16.4. The number of aldehydes is 1. The summed E-state index contributed by atoms with van der Waals surface area (Å²) in [6, 6.07) is 1.81.